The van der Waals surface area contributed by atoms with Gasteiger partial charge in [-0.2, -0.15) is 11.3 Å². The van der Waals surface area contributed by atoms with E-state index in [1.165, 1.54) is 0 Å². The van der Waals surface area contributed by atoms with E-state index in [9.17, 15) is 8.42 Å². The SMILES string of the molecule is O=S(=O)(NCC(c1ccsc1)N1CCOCC1)c1ccc2ccccc2c1. The van der Waals surface area contributed by atoms with E-state index in [2.05, 4.69) is 21.1 Å². The lowest BCUT2D eigenvalue weighted by Gasteiger charge is -2.34. The molecule has 2 aromatic carbocycles. The van der Waals surface area contributed by atoms with Gasteiger partial charge in [-0.1, -0.05) is 30.3 Å². The lowest BCUT2D eigenvalue weighted by atomic mass is 10.1. The van der Waals surface area contributed by atoms with E-state index in [4.69, 9.17) is 4.74 Å². The van der Waals surface area contributed by atoms with Crippen molar-refractivity contribution in [1.29, 1.82) is 0 Å². The number of hydrogen-bond donors (Lipinski definition) is 1. The predicted octanol–water partition coefficient (Wildman–Crippen LogP) is 3.25. The Morgan fingerprint density at radius 2 is 1.85 bits per heavy atom. The van der Waals surface area contributed by atoms with Crippen LogP contribution in [0.2, 0.25) is 0 Å². The highest BCUT2D eigenvalue weighted by Gasteiger charge is 2.25. The molecule has 1 fully saturated rings. The summed E-state index contributed by atoms with van der Waals surface area (Å²) in [5.41, 5.74) is 1.14. The molecule has 0 aliphatic carbocycles. The van der Waals surface area contributed by atoms with Gasteiger partial charge in [-0.25, -0.2) is 13.1 Å². The van der Waals surface area contributed by atoms with Gasteiger partial charge in [0, 0.05) is 25.7 Å². The number of sulfonamides is 1. The molecule has 4 rings (SSSR count). The molecule has 1 aliphatic heterocycles. The Bertz CT molecular complexity index is 997. The Kier molecular flexibility index (Phi) is 5.56. The van der Waals surface area contributed by atoms with Crippen molar-refractivity contribution in [3.8, 4) is 0 Å². The molecular formula is C20H22N2O3S2. The first kappa shape index (κ1) is 18.6. The zero-order valence-corrected chi connectivity index (χ0v) is 16.5. The highest BCUT2D eigenvalue weighted by atomic mass is 32.2. The standard InChI is InChI=1S/C20H22N2O3S2/c23-27(24,19-6-5-16-3-1-2-4-17(16)13-19)21-14-20(18-7-12-26-15-18)22-8-10-25-11-9-22/h1-7,12-13,15,20-21H,8-11,14H2. The van der Waals surface area contributed by atoms with Gasteiger partial charge in [0.1, 0.15) is 0 Å². The summed E-state index contributed by atoms with van der Waals surface area (Å²) >= 11 is 1.63. The van der Waals surface area contributed by atoms with Gasteiger partial charge >= 0.3 is 0 Å². The van der Waals surface area contributed by atoms with E-state index in [0.29, 0.717) is 24.7 Å². The Labute approximate surface area is 163 Å². The maximum absolute atomic E-state index is 12.9. The normalized spacial score (nSPS) is 17.2. The lowest BCUT2D eigenvalue weighted by molar-refractivity contribution is 0.0173. The quantitative estimate of drug-likeness (QED) is 0.688. The molecule has 1 aliphatic rings. The summed E-state index contributed by atoms with van der Waals surface area (Å²) in [5, 5.41) is 6.06. The van der Waals surface area contributed by atoms with Gasteiger partial charge in [0.2, 0.25) is 10.0 Å². The van der Waals surface area contributed by atoms with E-state index in [1.807, 2.05) is 35.7 Å². The molecule has 3 aromatic rings. The Hall–Kier alpha value is -1.77. The van der Waals surface area contributed by atoms with E-state index in [-0.39, 0.29) is 6.04 Å². The van der Waals surface area contributed by atoms with Crippen LogP contribution in [0.5, 0.6) is 0 Å². The van der Waals surface area contributed by atoms with Crippen molar-refractivity contribution in [2.45, 2.75) is 10.9 Å². The second kappa shape index (κ2) is 8.08. The molecule has 142 valence electrons. The molecule has 1 atom stereocenters. The van der Waals surface area contributed by atoms with Gasteiger partial charge in [-0.3, -0.25) is 4.90 Å². The first-order chi connectivity index (χ1) is 13.1. The zero-order chi connectivity index (χ0) is 18.7. The molecule has 0 amide bonds. The van der Waals surface area contributed by atoms with E-state index in [0.717, 1.165) is 29.4 Å². The Morgan fingerprint density at radius 1 is 1.07 bits per heavy atom. The third kappa shape index (κ3) is 4.23. The summed E-state index contributed by atoms with van der Waals surface area (Å²) in [7, 11) is -3.58. The zero-order valence-electron chi connectivity index (χ0n) is 14.9. The maximum atomic E-state index is 12.9. The first-order valence-electron chi connectivity index (χ1n) is 8.96. The molecule has 0 bridgehead atoms. The van der Waals surface area contributed by atoms with Crippen molar-refractivity contribution in [3.63, 3.8) is 0 Å². The monoisotopic (exact) mass is 402 g/mol. The summed E-state index contributed by atoms with van der Waals surface area (Å²) in [5.74, 6) is 0. The number of fused-ring (bicyclic) bond motifs is 1. The predicted molar refractivity (Wildman–Crippen MR) is 109 cm³/mol. The van der Waals surface area contributed by atoms with Gasteiger partial charge in [0.15, 0.2) is 0 Å². The first-order valence-corrected chi connectivity index (χ1v) is 11.4. The third-order valence-corrected chi connectivity index (χ3v) is 7.04. The highest BCUT2D eigenvalue weighted by molar-refractivity contribution is 7.89. The van der Waals surface area contributed by atoms with Crippen molar-refractivity contribution in [3.05, 3.63) is 64.9 Å². The summed E-state index contributed by atoms with van der Waals surface area (Å²) in [6, 6.07) is 15.1. The largest absolute Gasteiger partial charge is 0.379 e. The van der Waals surface area contributed by atoms with Crippen LogP contribution in [0, 0.1) is 0 Å². The minimum Gasteiger partial charge on any atom is -0.379 e. The molecule has 1 N–H and O–H groups in total. The number of nitrogens with zero attached hydrogens (tertiary/aromatic N) is 1. The Morgan fingerprint density at radius 3 is 2.59 bits per heavy atom. The van der Waals surface area contributed by atoms with Gasteiger partial charge in [0.05, 0.1) is 18.1 Å². The molecule has 0 spiro atoms. The minimum atomic E-state index is -3.58. The van der Waals surface area contributed by atoms with Crippen LogP contribution in [0.25, 0.3) is 10.8 Å². The average Bonchev–Trinajstić information content (AvgIpc) is 3.23. The molecule has 0 radical (unpaired) electrons. The number of rotatable bonds is 6. The number of nitrogens with one attached hydrogen (secondary N) is 1. The van der Waals surface area contributed by atoms with Crippen LogP contribution in [0.1, 0.15) is 11.6 Å². The molecule has 7 heteroatoms. The molecule has 1 unspecified atom stereocenters. The number of benzene rings is 2. The number of hydrogen-bond acceptors (Lipinski definition) is 5. The number of thiophene rings is 1. The van der Waals surface area contributed by atoms with Crippen LogP contribution >= 0.6 is 11.3 Å². The lowest BCUT2D eigenvalue weighted by Crippen LogP contribution is -2.43. The van der Waals surface area contributed by atoms with Crippen LogP contribution in [0.15, 0.2) is 64.2 Å². The van der Waals surface area contributed by atoms with Crippen LogP contribution in [0.3, 0.4) is 0 Å². The summed E-state index contributed by atoms with van der Waals surface area (Å²) < 4.78 is 34.0. The maximum Gasteiger partial charge on any atom is 0.240 e. The fraction of sp³-hybridized carbons (Fsp3) is 0.300. The molecule has 1 saturated heterocycles. The smallest absolute Gasteiger partial charge is 0.240 e. The van der Waals surface area contributed by atoms with Crippen molar-refractivity contribution in [2.24, 2.45) is 0 Å². The third-order valence-electron chi connectivity index (χ3n) is 4.91. The molecule has 0 saturated carbocycles. The average molecular weight is 403 g/mol. The minimum absolute atomic E-state index is 0.00961. The number of morpholine rings is 1. The van der Waals surface area contributed by atoms with E-state index >= 15 is 0 Å². The fourth-order valence-corrected chi connectivity index (χ4v) is 5.20. The van der Waals surface area contributed by atoms with Crippen molar-refractivity contribution < 1.29 is 13.2 Å². The van der Waals surface area contributed by atoms with E-state index < -0.39 is 10.0 Å². The van der Waals surface area contributed by atoms with Crippen molar-refractivity contribution >= 4 is 32.1 Å². The second-order valence-corrected chi connectivity index (χ2v) is 9.13. The van der Waals surface area contributed by atoms with Crippen molar-refractivity contribution in [1.82, 2.24) is 9.62 Å². The highest BCUT2D eigenvalue weighted by Crippen LogP contribution is 2.25. The van der Waals surface area contributed by atoms with Crippen LogP contribution in [-0.2, 0) is 14.8 Å². The van der Waals surface area contributed by atoms with Gasteiger partial charge in [-0.15, -0.1) is 0 Å². The summed E-state index contributed by atoms with van der Waals surface area (Å²) in [6.45, 7) is 3.30. The van der Waals surface area contributed by atoms with Gasteiger partial charge in [-0.05, 0) is 45.3 Å². The Balaban J connectivity index is 1.54. The molecular weight excluding hydrogens is 380 g/mol. The molecule has 2 heterocycles. The topological polar surface area (TPSA) is 58.6 Å². The van der Waals surface area contributed by atoms with Gasteiger partial charge < -0.3 is 4.74 Å². The van der Waals surface area contributed by atoms with E-state index in [1.54, 1.807) is 23.5 Å². The molecule has 27 heavy (non-hydrogen) atoms. The van der Waals surface area contributed by atoms with Crippen molar-refractivity contribution in [2.75, 3.05) is 32.8 Å². The van der Waals surface area contributed by atoms with Crippen LogP contribution in [0.4, 0.5) is 0 Å². The van der Waals surface area contributed by atoms with Crippen LogP contribution in [-0.4, -0.2) is 46.2 Å². The van der Waals surface area contributed by atoms with Crippen LogP contribution < -0.4 is 4.72 Å². The second-order valence-electron chi connectivity index (χ2n) is 6.58. The number of ether oxygens (including phenoxy) is 1. The molecule has 1 aromatic heterocycles. The summed E-state index contributed by atoms with van der Waals surface area (Å²) in [4.78, 5) is 2.58. The fourth-order valence-electron chi connectivity index (χ4n) is 3.42. The summed E-state index contributed by atoms with van der Waals surface area (Å²) in [6.07, 6.45) is 0. The van der Waals surface area contributed by atoms with Gasteiger partial charge in [0.25, 0.3) is 0 Å². The molecule has 5 nitrogen and oxygen atoms in total.